The molecule has 21 heavy (non-hydrogen) atoms. The molecule has 0 aliphatic carbocycles. The Morgan fingerprint density at radius 3 is 2.90 bits per heavy atom. The van der Waals surface area contributed by atoms with E-state index in [1.807, 2.05) is 17.5 Å². The van der Waals surface area contributed by atoms with Gasteiger partial charge in [-0.05, 0) is 53.4 Å². The third-order valence-corrected chi connectivity index (χ3v) is 4.65. The lowest BCUT2D eigenvalue weighted by Gasteiger charge is -2.18. The minimum absolute atomic E-state index is 0.290. The standard InChI is InChI=1S/C17H19N3S/c1-2-8-18-16(13-7-9-19-20-11-13)10-14-12-21-17-6-4-3-5-15(14)17/h3-7,9,11-12,16,18H,2,8,10H2,1H3. The molecule has 0 bridgehead atoms. The van der Waals surface area contributed by atoms with E-state index in [1.165, 1.54) is 21.2 Å². The molecule has 1 atom stereocenters. The van der Waals surface area contributed by atoms with Crippen LogP contribution in [0.15, 0.2) is 48.1 Å². The lowest BCUT2D eigenvalue weighted by Crippen LogP contribution is -2.24. The lowest BCUT2D eigenvalue weighted by atomic mass is 10.00. The number of hydrogen-bond acceptors (Lipinski definition) is 4. The van der Waals surface area contributed by atoms with Gasteiger partial charge in [-0.1, -0.05) is 25.1 Å². The number of fused-ring (bicyclic) bond motifs is 1. The van der Waals surface area contributed by atoms with Gasteiger partial charge in [-0.2, -0.15) is 10.2 Å². The molecule has 0 aliphatic rings. The first-order chi connectivity index (χ1) is 10.4. The summed E-state index contributed by atoms with van der Waals surface area (Å²) in [4.78, 5) is 0. The largest absolute Gasteiger partial charge is 0.310 e. The molecular weight excluding hydrogens is 278 g/mol. The van der Waals surface area contributed by atoms with Crippen molar-refractivity contribution in [3.8, 4) is 0 Å². The number of aromatic nitrogens is 2. The molecule has 1 unspecified atom stereocenters. The highest BCUT2D eigenvalue weighted by atomic mass is 32.1. The van der Waals surface area contributed by atoms with Crippen LogP contribution in [0.4, 0.5) is 0 Å². The van der Waals surface area contributed by atoms with Crippen LogP contribution in [-0.2, 0) is 6.42 Å². The molecule has 2 heterocycles. The van der Waals surface area contributed by atoms with Crippen LogP contribution in [0.1, 0.15) is 30.5 Å². The fraction of sp³-hybridized carbons (Fsp3) is 0.294. The molecule has 108 valence electrons. The van der Waals surface area contributed by atoms with Crippen molar-refractivity contribution in [2.75, 3.05) is 6.54 Å². The highest BCUT2D eigenvalue weighted by Gasteiger charge is 2.14. The van der Waals surface area contributed by atoms with Gasteiger partial charge in [-0.25, -0.2) is 0 Å². The molecule has 0 saturated carbocycles. The fourth-order valence-electron chi connectivity index (χ4n) is 2.54. The maximum Gasteiger partial charge on any atom is 0.0544 e. The van der Waals surface area contributed by atoms with Gasteiger partial charge in [0, 0.05) is 16.9 Å². The van der Waals surface area contributed by atoms with E-state index in [4.69, 9.17) is 0 Å². The molecule has 2 aromatic heterocycles. The van der Waals surface area contributed by atoms with Gasteiger partial charge in [0.1, 0.15) is 0 Å². The van der Waals surface area contributed by atoms with Gasteiger partial charge < -0.3 is 5.32 Å². The lowest BCUT2D eigenvalue weighted by molar-refractivity contribution is 0.528. The predicted octanol–water partition coefficient (Wildman–Crippen LogP) is 3.97. The number of nitrogens with one attached hydrogen (secondary N) is 1. The van der Waals surface area contributed by atoms with Crippen molar-refractivity contribution in [2.24, 2.45) is 0 Å². The Morgan fingerprint density at radius 1 is 1.19 bits per heavy atom. The first-order valence-corrected chi connectivity index (χ1v) is 8.21. The molecule has 0 spiro atoms. The third kappa shape index (κ3) is 3.28. The summed E-state index contributed by atoms with van der Waals surface area (Å²) in [6, 6.07) is 10.9. The van der Waals surface area contributed by atoms with E-state index in [9.17, 15) is 0 Å². The van der Waals surface area contributed by atoms with Crippen molar-refractivity contribution in [2.45, 2.75) is 25.8 Å². The third-order valence-electron chi connectivity index (χ3n) is 3.64. The second-order valence-electron chi connectivity index (χ2n) is 5.14. The second kappa shape index (κ2) is 6.78. The van der Waals surface area contributed by atoms with E-state index in [-0.39, 0.29) is 0 Å². The summed E-state index contributed by atoms with van der Waals surface area (Å²) in [5, 5.41) is 15.2. The van der Waals surface area contributed by atoms with Gasteiger partial charge in [0.25, 0.3) is 0 Å². The van der Waals surface area contributed by atoms with Crippen LogP contribution in [0.5, 0.6) is 0 Å². The first kappa shape index (κ1) is 14.2. The number of thiophene rings is 1. The van der Waals surface area contributed by atoms with Crippen molar-refractivity contribution < 1.29 is 0 Å². The van der Waals surface area contributed by atoms with Gasteiger partial charge in [-0.15, -0.1) is 11.3 Å². The summed E-state index contributed by atoms with van der Waals surface area (Å²) in [7, 11) is 0. The van der Waals surface area contributed by atoms with Gasteiger partial charge in [-0.3, -0.25) is 0 Å². The second-order valence-corrected chi connectivity index (χ2v) is 6.05. The molecule has 0 amide bonds. The van der Waals surface area contributed by atoms with E-state index in [2.05, 4.69) is 58.1 Å². The monoisotopic (exact) mass is 297 g/mol. The van der Waals surface area contributed by atoms with Crippen molar-refractivity contribution >= 4 is 21.4 Å². The van der Waals surface area contributed by atoms with Crippen molar-refractivity contribution in [1.82, 2.24) is 15.5 Å². The van der Waals surface area contributed by atoms with Crippen molar-refractivity contribution in [3.05, 3.63) is 59.2 Å². The van der Waals surface area contributed by atoms with Crippen LogP contribution in [0.25, 0.3) is 10.1 Å². The Morgan fingerprint density at radius 2 is 2.10 bits per heavy atom. The quantitative estimate of drug-likeness (QED) is 0.748. The van der Waals surface area contributed by atoms with Crippen LogP contribution in [-0.4, -0.2) is 16.7 Å². The molecule has 0 aliphatic heterocycles. The topological polar surface area (TPSA) is 37.8 Å². The molecule has 0 saturated heterocycles. The minimum Gasteiger partial charge on any atom is -0.310 e. The fourth-order valence-corrected chi connectivity index (χ4v) is 3.52. The highest BCUT2D eigenvalue weighted by molar-refractivity contribution is 7.17. The number of benzene rings is 1. The summed E-state index contributed by atoms with van der Waals surface area (Å²) >= 11 is 1.82. The average molecular weight is 297 g/mol. The molecule has 0 fully saturated rings. The van der Waals surface area contributed by atoms with Crippen LogP contribution in [0.2, 0.25) is 0 Å². The highest BCUT2D eigenvalue weighted by Crippen LogP contribution is 2.29. The number of nitrogens with zero attached hydrogens (tertiary/aromatic N) is 2. The van der Waals surface area contributed by atoms with E-state index in [1.54, 1.807) is 6.20 Å². The molecule has 3 aromatic rings. The van der Waals surface area contributed by atoms with E-state index >= 15 is 0 Å². The first-order valence-electron chi connectivity index (χ1n) is 7.33. The van der Waals surface area contributed by atoms with Crippen LogP contribution >= 0.6 is 11.3 Å². The maximum absolute atomic E-state index is 4.02. The minimum atomic E-state index is 0.290. The van der Waals surface area contributed by atoms with Crippen LogP contribution in [0, 0.1) is 0 Å². The molecule has 1 N–H and O–H groups in total. The molecule has 1 aromatic carbocycles. The normalized spacial score (nSPS) is 12.6. The molecule has 3 nitrogen and oxygen atoms in total. The zero-order chi connectivity index (χ0) is 14.5. The summed E-state index contributed by atoms with van der Waals surface area (Å²) in [6.45, 7) is 3.20. The number of rotatable bonds is 6. The van der Waals surface area contributed by atoms with Crippen LogP contribution < -0.4 is 5.32 Å². The molecular formula is C17H19N3S. The average Bonchev–Trinajstić information content (AvgIpc) is 2.95. The Hall–Kier alpha value is -1.78. The van der Waals surface area contributed by atoms with Crippen molar-refractivity contribution in [3.63, 3.8) is 0 Å². The van der Waals surface area contributed by atoms with Crippen LogP contribution in [0.3, 0.4) is 0 Å². The zero-order valence-corrected chi connectivity index (χ0v) is 12.9. The van der Waals surface area contributed by atoms with Gasteiger partial charge in [0.05, 0.1) is 6.20 Å². The van der Waals surface area contributed by atoms with Crippen molar-refractivity contribution in [1.29, 1.82) is 0 Å². The van der Waals surface area contributed by atoms with E-state index in [0.29, 0.717) is 6.04 Å². The number of hydrogen-bond donors (Lipinski definition) is 1. The van der Waals surface area contributed by atoms with Gasteiger partial charge >= 0.3 is 0 Å². The molecule has 0 radical (unpaired) electrons. The van der Waals surface area contributed by atoms with E-state index < -0.39 is 0 Å². The molecule has 3 rings (SSSR count). The zero-order valence-electron chi connectivity index (χ0n) is 12.1. The summed E-state index contributed by atoms with van der Waals surface area (Å²) in [6.07, 6.45) is 5.73. The Bertz CT molecular complexity index is 693. The smallest absolute Gasteiger partial charge is 0.0544 e. The van der Waals surface area contributed by atoms with Gasteiger partial charge in [0.2, 0.25) is 0 Å². The SMILES string of the molecule is CCCNC(Cc1csc2ccccc12)c1ccnnc1. The Kier molecular flexibility index (Phi) is 4.58. The summed E-state index contributed by atoms with van der Waals surface area (Å²) < 4.78 is 1.36. The Labute approximate surface area is 129 Å². The maximum atomic E-state index is 4.02. The van der Waals surface area contributed by atoms with E-state index in [0.717, 1.165) is 19.4 Å². The summed E-state index contributed by atoms with van der Waals surface area (Å²) in [5.41, 5.74) is 2.61. The summed E-state index contributed by atoms with van der Waals surface area (Å²) in [5.74, 6) is 0. The predicted molar refractivity (Wildman–Crippen MR) is 88.6 cm³/mol. The Balaban J connectivity index is 1.87. The van der Waals surface area contributed by atoms with Gasteiger partial charge in [0.15, 0.2) is 0 Å². The molecule has 4 heteroatoms.